The fourth-order valence-corrected chi connectivity index (χ4v) is 6.08. The van der Waals surface area contributed by atoms with Gasteiger partial charge in [0.25, 0.3) is 0 Å². The summed E-state index contributed by atoms with van der Waals surface area (Å²) in [6, 6.07) is 11.2. The van der Waals surface area contributed by atoms with Crippen molar-refractivity contribution in [3.8, 4) is 0 Å². The molecule has 34 heavy (non-hydrogen) atoms. The minimum absolute atomic E-state index is 0.190. The van der Waals surface area contributed by atoms with Gasteiger partial charge in [-0.05, 0) is 76.4 Å². The maximum atomic E-state index is 14.8. The van der Waals surface area contributed by atoms with Gasteiger partial charge in [-0.3, -0.25) is 0 Å². The number of carbonyl (C=O) groups excluding carboxylic acids is 2. The van der Waals surface area contributed by atoms with Crippen LogP contribution in [0.15, 0.2) is 47.4 Å². The number of rotatable bonds is 5. The van der Waals surface area contributed by atoms with Crippen molar-refractivity contribution in [1.82, 2.24) is 5.32 Å². The van der Waals surface area contributed by atoms with E-state index in [-0.39, 0.29) is 16.5 Å². The summed E-state index contributed by atoms with van der Waals surface area (Å²) in [5, 5.41) is 11.1. The van der Waals surface area contributed by atoms with Crippen molar-refractivity contribution in [2.45, 2.75) is 61.6 Å². The standard InChI is InChI=1S/C20H25FN2O2S.C3H8O.2CH2O/c1-14-3-8-19(21)18(13-14)20(11-9-16(23-2)10-12-20)26(24,25)17-6-4-15(22)5-7-17;1-2-3-4;2*1-2/h3-8,13,16,23H,9-12,22H2,1-2H3;4H,2-3H2,1H3;2*1H2. The predicted octanol–water partition coefficient (Wildman–Crippen LogP) is 3.57. The second-order valence-corrected chi connectivity index (χ2v) is 10.1. The summed E-state index contributed by atoms with van der Waals surface area (Å²) in [5.74, 6) is -0.461. The molecule has 1 fully saturated rings. The van der Waals surface area contributed by atoms with E-state index in [9.17, 15) is 12.8 Å². The third kappa shape index (κ3) is 7.44. The average molecular weight is 497 g/mol. The van der Waals surface area contributed by atoms with Gasteiger partial charge in [-0.25, -0.2) is 12.8 Å². The second-order valence-electron chi connectivity index (χ2n) is 7.84. The molecule has 2 aromatic rings. The van der Waals surface area contributed by atoms with Gasteiger partial charge in [-0.2, -0.15) is 0 Å². The molecule has 0 aromatic heterocycles. The summed E-state index contributed by atoms with van der Waals surface area (Å²) in [4.78, 5) is 16.2. The first-order valence-electron chi connectivity index (χ1n) is 10.9. The number of benzene rings is 2. The van der Waals surface area contributed by atoms with Crippen LogP contribution in [-0.2, 0) is 24.2 Å². The fraction of sp³-hybridized carbons (Fsp3) is 0.440. The van der Waals surface area contributed by atoms with Crippen molar-refractivity contribution in [3.05, 3.63) is 59.4 Å². The number of aryl methyl sites for hydroxylation is 1. The Labute approximate surface area is 202 Å². The number of halogens is 1. The van der Waals surface area contributed by atoms with E-state index in [0.29, 0.717) is 38.0 Å². The minimum atomic E-state index is -3.79. The van der Waals surface area contributed by atoms with E-state index in [2.05, 4.69) is 5.32 Å². The lowest BCUT2D eigenvalue weighted by Gasteiger charge is -2.40. The highest BCUT2D eigenvalue weighted by Gasteiger charge is 2.49. The van der Waals surface area contributed by atoms with Crippen molar-refractivity contribution >= 4 is 29.1 Å². The van der Waals surface area contributed by atoms with Gasteiger partial charge in [0.2, 0.25) is 0 Å². The highest BCUT2D eigenvalue weighted by Crippen LogP contribution is 2.48. The third-order valence-corrected chi connectivity index (χ3v) is 8.29. The van der Waals surface area contributed by atoms with Gasteiger partial charge in [0, 0.05) is 23.9 Å². The van der Waals surface area contributed by atoms with Gasteiger partial charge in [-0.1, -0.05) is 24.6 Å². The van der Waals surface area contributed by atoms with Crippen LogP contribution in [-0.4, -0.2) is 46.8 Å². The Morgan fingerprint density at radius 2 is 1.59 bits per heavy atom. The normalized spacial score (nSPS) is 19.3. The molecule has 7 nitrogen and oxygen atoms in total. The first kappa shape index (κ1) is 31.4. The molecular weight excluding hydrogens is 459 g/mol. The number of aliphatic hydroxyl groups excluding tert-OH is 1. The number of aliphatic hydroxyl groups is 1. The quantitative estimate of drug-likeness (QED) is 0.540. The Kier molecular flexibility index (Phi) is 14.1. The van der Waals surface area contributed by atoms with E-state index in [4.69, 9.17) is 20.4 Å². The van der Waals surface area contributed by atoms with E-state index in [1.165, 1.54) is 18.2 Å². The SMILES string of the molecule is C=O.C=O.CCCO.CNC1CCC(c2cc(C)ccc2F)(S(=O)(=O)c2ccc(N)cc2)CC1. The molecular formula is C25H37FN2O5S. The Morgan fingerprint density at radius 1 is 1.09 bits per heavy atom. The van der Waals surface area contributed by atoms with Gasteiger partial charge < -0.3 is 25.7 Å². The summed E-state index contributed by atoms with van der Waals surface area (Å²) in [6.07, 6.45) is 2.99. The molecule has 9 heteroatoms. The van der Waals surface area contributed by atoms with Crippen LogP contribution in [0, 0.1) is 12.7 Å². The van der Waals surface area contributed by atoms with Crippen molar-refractivity contribution in [2.75, 3.05) is 19.4 Å². The fourth-order valence-electron chi connectivity index (χ4n) is 3.92. The molecule has 1 aliphatic carbocycles. The molecule has 1 saturated carbocycles. The van der Waals surface area contributed by atoms with Gasteiger partial charge in [0.05, 0.1) is 4.90 Å². The molecule has 0 spiro atoms. The van der Waals surface area contributed by atoms with E-state index >= 15 is 0 Å². The molecule has 0 radical (unpaired) electrons. The number of sulfone groups is 1. The lowest BCUT2D eigenvalue weighted by Crippen LogP contribution is -2.44. The number of hydrogen-bond donors (Lipinski definition) is 3. The lowest BCUT2D eigenvalue weighted by atomic mass is 9.80. The molecule has 0 bridgehead atoms. The van der Waals surface area contributed by atoms with Gasteiger partial charge in [0.1, 0.15) is 24.1 Å². The van der Waals surface area contributed by atoms with Crippen LogP contribution in [0.4, 0.5) is 10.1 Å². The number of carbonyl (C=O) groups is 2. The Hall–Kier alpha value is -2.62. The maximum absolute atomic E-state index is 14.8. The molecule has 0 aliphatic heterocycles. The number of nitrogens with one attached hydrogen (secondary N) is 1. The Balaban J connectivity index is 0.00000121. The first-order chi connectivity index (χ1) is 16.2. The van der Waals surface area contributed by atoms with Crippen LogP contribution in [0.5, 0.6) is 0 Å². The van der Waals surface area contributed by atoms with Crippen LogP contribution in [0.2, 0.25) is 0 Å². The van der Waals surface area contributed by atoms with Gasteiger partial charge in [0.15, 0.2) is 9.84 Å². The summed E-state index contributed by atoms with van der Waals surface area (Å²) < 4.78 is 40.8. The topological polar surface area (TPSA) is 127 Å². The zero-order chi connectivity index (χ0) is 26.4. The third-order valence-electron chi connectivity index (χ3n) is 5.74. The summed E-state index contributed by atoms with van der Waals surface area (Å²) in [5.41, 5.74) is 7.34. The number of anilines is 1. The van der Waals surface area contributed by atoms with E-state index in [0.717, 1.165) is 12.0 Å². The van der Waals surface area contributed by atoms with E-state index < -0.39 is 20.4 Å². The van der Waals surface area contributed by atoms with Crippen molar-refractivity contribution < 1.29 is 27.5 Å². The zero-order valence-electron chi connectivity index (χ0n) is 20.2. The van der Waals surface area contributed by atoms with Crippen molar-refractivity contribution in [2.24, 2.45) is 0 Å². The van der Waals surface area contributed by atoms with Crippen LogP contribution < -0.4 is 11.1 Å². The molecule has 0 amide bonds. The number of nitrogen functional groups attached to an aromatic ring is 1. The van der Waals surface area contributed by atoms with Gasteiger partial charge in [-0.15, -0.1) is 0 Å². The molecule has 1 aliphatic rings. The van der Waals surface area contributed by atoms with E-state index in [1.807, 2.05) is 34.5 Å². The molecule has 2 aromatic carbocycles. The monoisotopic (exact) mass is 496 g/mol. The highest BCUT2D eigenvalue weighted by atomic mass is 32.2. The molecule has 0 atom stereocenters. The summed E-state index contributed by atoms with van der Waals surface area (Å²) in [7, 11) is -1.91. The van der Waals surface area contributed by atoms with Crippen LogP contribution in [0.25, 0.3) is 0 Å². The molecule has 0 heterocycles. The minimum Gasteiger partial charge on any atom is -0.399 e. The number of hydrogen-bond acceptors (Lipinski definition) is 7. The van der Waals surface area contributed by atoms with E-state index in [1.54, 1.807) is 24.3 Å². The first-order valence-corrected chi connectivity index (χ1v) is 12.4. The Bertz CT molecular complexity index is 956. The molecule has 4 N–H and O–H groups in total. The summed E-state index contributed by atoms with van der Waals surface area (Å²) >= 11 is 0. The highest BCUT2D eigenvalue weighted by molar-refractivity contribution is 7.92. The van der Waals surface area contributed by atoms with Crippen LogP contribution >= 0.6 is 0 Å². The summed E-state index contributed by atoms with van der Waals surface area (Å²) in [6.45, 7) is 8.10. The molecule has 190 valence electrons. The smallest absolute Gasteiger partial charge is 0.188 e. The second kappa shape index (κ2) is 15.3. The Morgan fingerprint density at radius 3 is 2.03 bits per heavy atom. The largest absolute Gasteiger partial charge is 0.399 e. The number of nitrogens with two attached hydrogens (primary N) is 1. The van der Waals surface area contributed by atoms with Crippen LogP contribution in [0.3, 0.4) is 0 Å². The molecule has 0 unspecified atom stereocenters. The van der Waals surface area contributed by atoms with Gasteiger partial charge >= 0.3 is 0 Å². The average Bonchev–Trinajstić information content (AvgIpc) is 2.88. The zero-order valence-corrected chi connectivity index (χ0v) is 21.0. The molecule has 0 saturated heterocycles. The maximum Gasteiger partial charge on any atom is 0.188 e. The molecule has 3 rings (SSSR count). The lowest BCUT2D eigenvalue weighted by molar-refractivity contribution is -0.0987. The van der Waals surface area contributed by atoms with Crippen molar-refractivity contribution in [1.29, 1.82) is 0 Å². The predicted molar refractivity (Wildman–Crippen MR) is 134 cm³/mol. The van der Waals surface area contributed by atoms with Crippen LogP contribution in [0.1, 0.15) is 50.2 Å². The van der Waals surface area contributed by atoms with Crippen molar-refractivity contribution in [3.63, 3.8) is 0 Å².